The lowest BCUT2D eigenvalue weighted by atomic mass is 10.2. The van der Waals surface area contributed by atoms with Gasteiger partial charge in [0.15, 0.2) is 17.3 Å². The number of ether oxygens (including phenoxy) is 2. The summed E-state index contributed by atoms with van der Waals surface area (Å²) in [5.74, 6) is 1.66. The molecule has 168 valence electrons. The van der Waals surface area contributed by atoms with Gasteiger partial charge in [0, 0.05) is 24.6 Å². The molecular formula is C23H27N5O4. The van der Waals surface area contributed by atoms with E-state index in [0.29, 0.717) is 42.0 Å². The molecular weight excluding hydrogens is 410 g/mol. The largest absolute Gasteiger partial charge is 0.493 e. The number of hydrogen-bond donors (Lipinski definition) is 2. The van der Waals surface area contributed by atoms with Crippen molar-refractivity contribution >= 4 is 5.91 Å². The first-order valence-electron chi connectivity index (χ1n) is 10.4. The van der Waals surface area contributed by atoms with Crippen molar-refractivity contribution in [2.24, 2.45) is 5.92 Å². The van der Waals surface area contributed by atoms with Gasteiger partial charge < -0.3 is 19.8 Å². The minimum atomic E-state index is -0.383. The van der Waals surface area contributed by atoms with Gasteiger partial charge in [-0.15, -0.1) is 10.2 Å². The van der Waals surface area contributed by atoms with Gasteiger partial charge in [-0.1, -0.05) is 19.9 Å². The zero-order valence-electron chi connectivity index (χ0n) is 18.4. The number of aryl methyl sites for hydroxylation is 1. The fourth-order valence-corrected chi connectivity index (χ4v) is 2.86. The summed E-state index contributed by atoms with van der Waals surface area (Å²) in [6.07, 6.45) is 1.97. The number of nitrogens with one attached hydrogen (secondary N) is 2. The number of pyridine rings is 1. The van der Waals surface area contributed by atoms with E-state index in [1.165, 1.54) is 0 Å². The van der Waals surface area contributed by atoms with Crippen LogP contribution in [0.2, 0.25) is 0 Å². The summed E-state index contributed by atoms with van der Waals surface area (Å²) in [6.45, 7) is 5.02. The SMILES string of the molecule is COc1cc(-c2nnc(CCC(=O)NCc3ccccn3)c(=O)[nH]2)ccc1OCC(C)C. The second kappa shape index (κ2) is 11.0. The molecule has 0 saturated heterocycles. The van der Waals surface area contributed by atoms with Crippen molar-refractivity contribution in [3.63, 3.8) is 0 Å². The number of rotatable bonds is 10. The Balaban J connectivity index is 1.62. The van der Waals surface area contributed by atoms with Crippen molar-refractivity contribution in [1.82, 2.24) is 25.5 Å². The van der Waals surface area contributed by atoms with E-state index < -0.39 is 0 Å². The molecule has 2 N–H and O–H groups in total. The van der Waals surface area contributed by atoms with Crippen LogP contribution in [0.15, 0.2) is 47.4 Å². The van der Waals surface area contributed by atoms with E-state index in [9.17, 15) is 9.59 Å². The van der Waals surface area contributed by atoms with Crippen molar-refractivity contribution in [3.8, 4) is 22.9 Å². The Labute approximate surface area is 186 Å². The molecule has 0 aliphatic rings. The van der Waals surface area contributed by atoms with E-state index in [1.807, 2.05) is 18.2 Å². The van der Waals surface area contributed by atoms with Crippen LogP contribution in [0.5, 0.6) is 11.5 Å². The number of methoxy groups -OCH3 is 1. The van der Waals surface area contributed by atoms with E-state index in [4.69, 9.17) is 9.47 Å². The predicted molar refractivity (Wildman–Crippen MR) is 119 cm³/mol. The van der Waals surface area contributed by atoms with Crippen LogP contribution in [0, 0.1) is 5.92 Å². The van der Waals surface area contributed by atoms with Crippen molar-refractivity contribution in [3.05, 3.63) is 64.3 Å². The Hall–Kier alpha value is -3.75. The van der Waals surface area contributed by atoms with Gasteiger partial charge >= 0.3 is 0 Å². The van der Waals surface area contributed by atoms with E-state index in [0.717, 1.165) is 5.69 Å². The zero-order chi connectivity index (χ0) is 22.9. The Kier molecular flexibility index (Phi) is 7.91. The lowest BCUT2D eigenvalue weighted by Gasteiger charge is -2.13. The molecule has 0 fully saturated rings. The summed E-state index contributed by atoms with van der Waals surface area (Å²) in [6, 6.07) is 10.8. The van der Waals surface area contributed by atoms with E-state index in [1.54, 1.807) is 31.5 Å². The molecule has 3 rings (SSSR count). The van der Waals surface area contributed by atoms with Gasteiger partial charge in [0.25, 0.3) is 5.56 Å². The number of H-pyrrole nitrogens is 1. The minimum absolute atomic E-state index is 0.125. The molecule has 9 nitrogen and oxygen atoms in total. The molecule has 0 atom stereocenters. The van der Waals surface area contributed by atoms with Crippen molar-refractivity contribution < 1.29 is 14.3 Å². The van der Waals surface area contributed by atoms with Gasteiger partial charge in [0.1, 0.15) is 5.69 Å². The van der Waals surface area contributed by atoms with Crippen LogP contribution >= 0.6 is 0 Å². The third-order valence-corrected chi connectivity index (χ3v) is 4.56. The molecule has 3 aromatic rings. The lowest BCUT2D eigenvalue weighted by Crippen LogP contribution is -2.25. The quantitative estimate of drug-likeness (QED) is 0.500. The van der Waals surface area contributed by atoms with Crippen molar-refractivity contribution in [2.75, 3.05) is 13.7 Å². The first kappa shape index (κ1) is 22.9. The highest BCUT2D eigenvalue weighted by molar-refractivity contribution is 5.76. The highest BCUT2D eigenvalue weighted by Gasteiger charge is 2.12. The van der Waals surface area contributed by atoms with Gasteiger partial charge in [0.2, 0.25) is 5.91 Å². The van der Waals surface area contributed by atoms with Crippen molar-refractivity contribution in [2.45, 2.75) is 33.2 Å². The summed E-state index contributed by atoms with van der Waals surface area (Å²) in [4.78, 5) is 31.4. The molecule has 2 aromatic heterocycles. The number of aromatic nitrogens is 4. The van der Waals surface area contributed by atoms with Crippen LogP contribution in [0.3, 0.4) is 0 Å². The molecule has 0 unspecified atom stereocenters. The zero-order valence-corrected chi connectivity index (χ0v) is 18.4. The number of hydrogen-bond acceptors (Lipinski definition) is 7. The average molecular weight is 438 g/mol. The van der Waals surface area contributed by atoms with E-state index in [-0.39, 0.29) is 30.0 Å². The van der Waals surface area contributed by atoms with Crippen LogP contribution in [-0.4, -0.2) is 39.8 Å². The van der Waals surface area contributed by atoms with Gasteiger partial charge in [-0.2, -0.15) is 0 Å². The molecule has 0 bridgehead atoms. The smallest absolute Gasteiger partial charge is 0.273 e. The Morgan fingerprint density at radius 2 is 2.00 bits per heavy atom. The van der Waals surface area contributed by atoms with Gasteiger partial charge in [-0.3, -0.25) is 14.6 Å². The van der Waals surface area contributed by atoms with Crippen LogP contribution in [-0.2, 0) is 17.8 Å². The summed E-state index contributed by atoms with van der Waals surface area (Å²) in [7, 11) is 1.55. The maximum Gasteiger partial charge on any atom is 0.273 e. The normalized spacial score (nSPS) is 10.8. The first-order chi connectivity index (χ1) is 15.5. The van der Waals surface area contributed by atoms with Gasteiger partial charge in [-0.05, 0) is 36.2 Å². The fraction of sp³-hybridized carbons (Fsp3) is 0.348. The molecule has 2 heterocycles. The second-order valence-corrected chi connectivity index (χ2v) is 7.62. The average Bonchev–Trinajstić information content (AvgIpc) is 2.81. The number of carbonyl (C=O) groups excluding carboxylic acids is 1. The Bertz CT molecular complexity index is 1100. The minimum Gasteiger partial charge on any atom is -0.493 e. The highest BCUT2D eigenvalue weighted by atomic mass is 16.5. The monoisotopic (exact) mass is 437 g/mol. The summed E-state index contributed by atoms with van der Waals surface area (Å²) in [5, 5.41) is 10.9. The first-order valence-corrected chi connectivity index (χ1v) is 10.4. The molecule has 0 spiro atoms. The number of amides is 1. The maximum atomic E-state index is 12.4. The molecule has 0 aliphatic carbocycles. The molecule has 0 saturated carbocycles. The molecule has 0 radical (unpaired) electrons. The number of nitrogens with zero attached hydrogens (tertiary/aromatic N) is 3. The predicted octanol–water partition coefficient (Wildman–Crippen LogP) is 2.52. The molecule has 1 amide bonds. The lowest BCUT2D eigenvalue weighted by molar-refractivity contribution is -0.121. The third-order valence-electron chi connectivity index (χ3n) is 4.56. The number of benzene rings is 1. The van der Waals surface area contributed by atoms with Crippen LogP contribution in [0.25, 0.3) is 11.4 Å². The second-order valence-electron chi connectivity index (χ2n) is 7.62. The Morgan fingerprint density at radius 3 is 2.69 bits per heavy atom. The van der Waals surface area contributed by atoms with Crippen LogP contribution in [0.4, 0.5) is 0 Å². The summed E-state index contributed by atoms with van der Waals surface area (Å²) < 4.78 is 11.2. The van der Waals surface area contributed by atoms with Crippen LogP contribution < -0.4 is 20.3 Å². The molecule has 1 aromatic carbocycles. The standard InChI is InChI=1S/C23H27N5O4/c1-15(2)14-32-19-9-7-16(12-20(19)31-3)22-26-23(30)18(27-28-22)8-10-21(29)25-13-17-6-4-5-11-24-17/h4-7,9,11-12,15H,8,10,13-14H2,1-3H3,(H,25,29)(H,26,28,30). The summed E-state index contributed by atoms with van der Waals surface area (Å²) >= 11 is 0. The molecule has 0 aliphatic heterocycles. The molecule has 9 heteroatoms. The fourth-order valence-electron chi connectivity index (χ4n) is 2.86. The van der Waals surface area contributed by atoms with E-state index >= 15 is 0 Å². The number of aromatic amines is 1. The van der Waals surface area contributed by atoms with Gasteiger partial charge in [0.05, 0.1) is 26.0 Å². The third kappa shape index (κ3) is 6.37. The van der Waals surface area contributed by atoms with E-state index in [2.05, 4.69) is 39.3 Å². The number of carbonyl (C=O) groups is 1. The highest BCUT2D eigenvalue weighted by Crippen LogP contribution is 2.31. The van der Waals surface area contributed by atoms with Crippen molar-refractivity contribution in [1.29, 1.82) is 0 Å². The molecule has 32 heavy (non-hydrogen) atoms. The summed E-state index contributed by atoms with van der Waals surface area (Å²) in [5.41, 5.74) is 1.22. The maximum absolute atomic E-state index is 12.4. The van der Waals surface area contributed by atoms with Crippen LogP contribution in [0.1, 0.15) is 31.7 Å². The Morgan fingerprint density at radius 1 is 1.16 bits per heavy atom. The topological polar surface area (TPSA) is 119 Å². The van der Waals surface area contributed by atoms with Gasteiger partial charge in [-0.25, -0.2) is 0 Å².